The Bertz CT molecular complexity index is 598. The van der Waals surface area contributed by atoms with E-state index in [0.717, 1.165) is 39.0 Å². The van der Waals surface area contributed by atoms with Crippen LogP contribution in [0.1, 0.15) is 44.1 Å². The van der Waals surface area contributed by atoms with Gasteiger partial charge in [-0.25, -0.2) is 0 Å². The number of carbonyl (C=O) groups is 1. The molecule has 5 heteroatoms. The van der Waals surface area contributed by atoms with Crippen molar-refractivity contribution in [3.63, 3.8) is 0 Å². The Kier molecular flexibility index (Phi) is 7.18. The molecule has 2 bridgehead atoms. The van der Waals surface area contributed by atoms with Crippen molar-refractivity contribution in [2.24, 2.45) is 29.4 Å². The quantitative estimate of drug-likeness (QED) is 0.832. The van der Waals surface area contributed by atoms with Crippen molar-refractivity contribution in [2.45, 2.75) is 51.2 Å². The summed E-state index contributed by atoms with van der Waals surface area (Å²) in [5.41, 5.74) is 7.60. The third-order valence-corrected chi connectivity index (χ3v) is 6.82. The Balaban J connectivity index is 0.00000210. The van der Waals surface area contributed by atoms with Gasteiger partial charge in [0.05, 0.1) is 13.2 Å². The molecular weight excluding hydrogens is 360 g/mol. The van der Waals surface area contributed by atoms with E-state index >= 15 is 0 Å². The molecule has 0 spiro atoms. The van der Waals surface area contributed by atoms with E-state index in [1.165, 1.54) is 24.8 Å². The summed E-state index contributed by atoms with van der Waals surface area (Å²) in [4.78, 5) is 15.1. The van der Waals surface area contributed by atoms with Gasteiger partial charge in [-0.3, -0.25) is 4.79 Å². The minimum atomic E-state index is 0. The fourth-order valence-electron chi connectivity index (χ4n) is 5.34. The Morgan fingerprint density at radius 2 is 1.81 bits per heavy atom. The number of amides is 1. The topological polar surface area (TPSA) is 55.6 Å². The minimum absolute atomic E-state index is 0. The summed E-state index contributed by atoms with van der Waals surface area (Å²) >= 11 is 0. The number of rotatable bonds is 5. The molecule has 150 valence electrons. The second-order valence-electron chi connectivity index (χ2n) is 8.64. The average molecular weight is 393 g/mol. The fraction of sp³-hybridized carbons (Fsp3) is 0.682. The number of fused-ring (bicyclic) bond motifs is 2. The van der Waals surface area contributed by atoms with Crippen LogP contribution in [0.4, 0.5) is 0 Å². The SMILES string of the molecule is Cl.NC1C2CCCC1CC(C(=O)N1CCC(COCc3ccccc3)C1)C2. The molecule has 0 radical (unpaired) electrons. The van der Waals surface area contributed by atoms with Crippen LogP contribution >= 0.6 is 12.4 Å². The van der Waals surface area contributed by atoms with Crippen molar-refractivity contribution < 1.29 is 9.53 Å². The van der Waals surface area contributed by atoms with E-state index in [1.807, 2.05) is 18.2 Å². The monoisotopic (exact) mass is 392 g/mol. The third kappa shape index (κ3) is 4.85. The molecule has 1 aromatic carbocycles. The van der Waals surface area contributed by atoms with Crippen LogP contribution in [0.3, 0.4) is 0 Å². The summed E-state index contributed by atoms with van der Waals surface area (Å²) in [6, 6.07) is 10.6. The molecule has 2 aliphatic carbocycles. The molecule has 2 N–H and O–H groups in total. The molecule has 3 atom stereocenters. The van der Waals surface area contributed by atoms with Gasteiger partial charge in [0.1, 0.15) is 0 Å². The Labute approximate surface area is 169 Å². The summed E-state index contributed by atoms with van der Waals surface area (Å²) in [5.74, 6) is 2.23. The lowest BCUT2D eigenvalue weighted by Gasteiger charge is -2.44. The zero-order valence-electron chi connectivity index (χ0n) is 16.1. The van der Waals surface area contributed by atoms with Crippen LogP contribution in [0.2, 0.25) is 0 Å². The Morgan fingerprint density at radius 3 is 2.52 bits per heavy atom. The predicted octanol–water partition coefficient (Wildman–Crippen LogP) is 3.63. The molecule has 1 heterocycles. The second-order valence-corrected chi connectivity index (χ2v) is 8.64. The van der Waals surface area contributed by atoms with Gasteiger partial charge >= 0.3 is 0 Å². The second kappa shape index (κ2) is 9.40. The molecule has 0 aromatic heterocycles. The van der Waals surface area contributed by atoms with Crippen LogP contribution in [0.5, 0.6) is 0 Å². The first-order chi connectivity index (χ1) is 12.7. The molecule has 3 aliphatic rings. The van der Waals surface area contributed by atoms with E-state index in [2.05, 4.69) is 17.0 Å². The van der Waals surface area contributed by atoms with Crippen LogP contribution in [-0.2, 0) is 16.1 Å². The van der Waals surface area contributed by atoms with E-state index in [-0.39, 0.29) is 18.3 Å². The largest absolute Gasteiger partial charge is 0.376 e. The standard InChI is InChI=1S/C22H32N2O2.ClH/c23-21-18-7-4-8-19(21)12-20(11-18)22(25)24-10-9-17(13-24)15-26-14-16-5-2-1-3-6-16;/h1-3,5-6,17-21H,4,7-15,23H2;1H. The lowest BCUT2D eigenvalue weighted by Crippen LogP contribution is -2.49. The summed E-state index contributed by atoms with van der Waals surface area (Å²) < 4.78 is 5.90. The van der Waals surface area contributed by atoms with Gasteiger partial charge in [-0.05, 0) is 49.5 Å². The molecular formula is C22H33ClN2O2. The predicted molar refractivity (Wildman–Crippen MR) is 110 cm³/mol. The van der Waals surface area contributed by atoms with Crippen molar-refractivity contribution in [1.82, 2.24) is 4.90 Å². The van der Waals surface area contributed by atoms with Gasteiger partial charge < -0.3 is 15.4 Å². The first-order valence-corrected chi connectivity index (χ1v) is 10.4. The van der Waals surface area contributed by atoms with Crippen molar-refractivity contribution in [2.75, 3.05) is 19.7 Å². The van der Waals surface area contributed by atoms with Crippen LogP contribution < -0.4 is 5.73 Å². The summed E-state index contributed by atoms with van der Waals surface area (Å²) in [7, 11) is 0. The number of benzene rings is 1. The lowest BCUT2D eigenvalue weighted by molar-refractivity contribution is -0.137. The van der Waals surface area contributed by atoms with Crippen LogP contribution in [0.15, 0.2) is 30.3 Å². The maximum Gasteiger partial charge on any atom is 0.225 e. The minimum Gasteiger partial charge on any atom is -0.376 e. The molecule has 1 aliphatic heterocycles. The highest BCUT2D eigenvalue weighted by Gasteiger charge is 2.42. The molecule has 3 fully saturated rings. The Morgan fingerprint density at radius 1 is 1.11 bits per heavy atom. The number of nitrogens with zero attached hydrogens (tertiary/aromatic N) is 1. The normalized spacial score (nSPS) is 32.8. The van der Waals surface area contributed by atoms with Gasteiger partial charge in [-0.1, -0.05) is 36.8 Å². The number of likely N-dealkylation sites (tertiary alicyclic amines) is 1. The molecule has 3 unspecified atom stereocenters. The molecule has 1 amide bonds. The van der Waals surface area contributed by atoms with Crippen LogP contribution in [0.25, 0.3) is 0 Å². The van der Waals surface area contributed by atoms with Gasteiger partial charge in [0.2, 0.25) is 5.91 Å². The van der Waals surface area contributed by atoms with E-state index < -0.39 is 0 Å². The molecule has 4 rings (SSSR count). The highest BCUT2D eigenvalue weighted by Crippen LogP contribution is 2.42. The number of nitrogens with two attached hydrogens (primary N) is 1. The van der Waals surface area contributed by atoms with E-state index in [9.17, 15) is 4.79 Å². The number of hydrogen-bond acceptors (Lipinski definition) is 3. The van der Waals surface area contributed by atoms with E-state index in [4.69, 9.17) is 10.5 Å². The maximum absolute atomic E-state index is 13.0. The summed E-state index contributed by atoms with van der Waals surface area (Å²) in [6.45, 7) is 3.18. The van der Waals surface area contributed by atoms with Crippen molar-refractivity contribution >= 4 is 18.3 Å². The van der Waals surface area contributed by atoms with Crippen molar-refractivity contribution in [3.8, 4) is 0 Å². The highest BCUT2D eigenvalue weighted by molar-refractivity contribution is 5.85. The fourth-order valence-corrected chi connectivity index (χ4v) is 5.34. The molecule has 1 aromatic rings. The first kappa shape index (κ1) is 20.6. The Hall–Kier alpha value is -1.10. The maximum atomic E-state index is 13.0. The first-order valence-electron chi connectivity index (χ1n) is 10.4. The number of hydrogen-bond donors (Lipinski definition) is 1. The molecule has 27 heavy (non-hydrogen) atoms. The van der Waals surface area contributed by atoms with Gasteiger partial charge in [0.15, 0.2) is 0 Å². The number of ether oxygens (including phenoxy) is 1. The zero-order chi connectivity index (χ0) is 17.9. The van der Waals surface area contributed by atoms with Crippen molar-refractivity contribution in [3.05, 3.63) is 35.9 Å². The third-order valence-electron chi connectivity index (χ3n) is 6.82. The van der Waals surface area contributed by atoms with Crippen LogP contribution in [-0.4, -0.2) is 36.5 Å². The average Bonchev–Trinajstić information content (AvgIpc) is 3.11. The summed E-state index contributed by atoms with van der Waals surface area (Å²) in [5, 5.41) is 0. The van der Waals surface area contributed by atoms with Gasteiger partial charge in [0.25, 0.3) is 0 Å². The molecule has 4 nitrogen and oxygen atoms in total. The zero-order valence-corrected chi connectivity index (χ0v) is 16.9. The number of carbonyl (C=O) groups excluding carboxylic acids is 1. The lowest BCUT2D eigenvalue weighted by atomic mass is 9.65. The van der Waals surface area contributed by atoms with E-state index in [1.54, 1.807) is 0 Å². The van der Waals surface area contributed by atoms with Crippen molar-refractivity contribution in [1.29, 1.82) is 0 Å². The van der Waals surface area contributed by atoms with Crippen LogP contribution in [0, 0.1) is 23.7 Å². The van der Waals surface area contributed by atoms with E-state index in [0.29, 0.717) is 36.3 Å². The molecule has 1 saturated heterocycles. The van der Waals surface area contributed by atoms with Gasteiger partial charge in [0, 0.05) is 31.0 Å². The van der Waals surface area contributed by atoms with Gasteiger partial charge in [-0.15, -0.1) is 12.4 Å². The number of halogens is 1. The smallest absolute Gasteiger partial charge is 0.225 e. The highest BCUT2D eigenvalue weighted by atomic mass is 35.5. The van der Waals surface area contributed by atoms with Gasteiger partial charge in [-0.2, -0.15) is 0 Å². The summed E-state index contributed by atoms with van der Waals surface area (Å²) in [6.07, 6.45) is 6.84. The molecule has 2 saturated carbocycles.